The molecule has 138 valence electrons. The Bertz CT molecular complexity index is 758. The number of nitrogens with zero attached hydrogens (tertiary/aromatic N) is 5. The molecule has 2 aliphatic heterocycles. The normalized spacial score (nSPS) is 18.6. The molecule has 0 bridgehead atoms. The number of rotatable bonds is 4. The van der Waals surface area contributed by atoms with Gasteiger partial charge in [0.05, 0.1) is 12.8 Å². The predicted octanol–water partition coefficient (Wildman–Crippen LogP) is 1.80. The van der Waals surface area contributed by atoms with E-state index in [1.807, 2.05) is 18.3 Å². The third-order valence-electron chi connectivity index (χ3n) is 5.37. The average Bonchev–Trinajstić information content (AvgIpc) is 2.68. The van der Waals surface area contributed by atoms with Crippen LogP contribution in [-0.2, 0) is 19.5 Å². The van der Waals surface area contributed by atoms with Gasteiger partial charge >= 0.3 is 0 Å². The number of piperazine rings is 1. The van der Waals surface area contributed by atoms with Crippen molar-refractivity contribution < 1.29 is 4.74 Å². The van der Waals surface area contributed by atoms with Gasteiger partial charge in [0.25, 0.3) is 0 Å². The maximum atomic E-state index is 5.49. The molecule has 0 spiro atoms. The SMILES string of the molecule is COc1ccccc1CN1CCc2nc(N3CCN(C)CC3)ncc2C1. The van der Waals surface area contributed by atoms with Gasteiger partial charge in [-0.25, -0.2) is 9.97 Å². The van der Waals surface area contributed by atoms with Gasteiger partial charge in [0.1, 0.15) is 5.75 Å². The zero-order valence-electron chi connectivity index (χ0n) is 15.7. The molecular formula is C20H27N5O. The second-order valence-corrected chi connectivity index (χ2v) is 7.20. The Morgan fingerprint density at radius 3 is 2.69 bits per heavy atom. The lowest BCUT2D eigenvalue weighted by Gasteiger charge is -2.33. The van der Waals surface area contributed by atoms with Crippen LogP contribution in [0.4, 0.5) is 5.95 Å². The minimum absolute atomic E-state index is 0.893. The van der Waals surface area contributed by atoms with E-state index < -0.39 is 0 Å². The van der Waals surface area contributed by atoms with Crippen molar-refractivity contribution in [2.24, 2.45) is 0 Å². The smallest absolute Gasteiger partial charge is 0.225 e. The Labute approximate surface area is 155 Å². The second kappa shape index (κ2) is 7.60. The van der Waals surface area contributed by atoms with E-state index in [0.29, 0.717) is 0 Å². The molecule has 2 aliphatic rings. The summed E-state index contributed by atoms with van der Waals surface area (Å²) in [6.07, 6.45) is 3.01. The van der Waals surface area contributed by atoms with Crippen LogP contribution in [0.5, 0.6) is 5.75 Å². The van der Waals surface area contributed by atoms with Crippen LogP contribution < -0.4 is 9.64 Å². The Hall–Kier alpha value is -2.18. The zero-order chi connectivity index (χ0) is 17.9. The van der Waals surface area contributed by atoms with Gasteiger partial charge in [0.2, 0.25) is 5.95 Å². The van der Waals surface area contributed by atoms with Gasteiger partial charge in [-0.2, -0.15) is 0 Å². The lowest BCUT2D eigenvalue weighted by molar-refractivity contribution is 0.239. The highest BCUT2D eigenvalue weighted by molar-refractivity contribution is 5.36. The first-order valence-corrected chi connectivity index (χ1v) is 9.35. The summed E-state index contributed by atoms with van der Waals surface area (Å²) in [6, 6.07) is 8.25. The van der Waals surface area contributed by atoms with Crippen molar-refractivity contribution in [2.45, 2.75) is 19.5 Å². The molecule has 2 aromatic rings. The highest BCUT2D eigenvalue weighted by Crippen LogP contribution is 2.24. The molecule has 0 radical (unpaired) electrons. The fourth-order valence-corrected chi connectivity index (χ4v) is 3.73. The quantitative estimate of drug-likeness (QED) is 0.835. The van der Waals surface area contributed by atoms with Crippen LogP contribution in [0.2, 0.25) is 0 Å². The molecule has 1 aromatic heterocycles. The van der Waals surface area contributed by atoms with Crippen LogP contribution in [-0.4, -0.2) is 66.6 Å². The molecule has 6 heteroatoms. The largest absolute Gasteiger partial charge is 0.496 e. The summed E-state index contributed by atoms with van der Waals surface area (Å²) in [6.45, 7) is 6.98. The van der Waals surface area contributed by atoms with Gasteiger partial charge in [-0.05, 0) is 13.1 Å². The number of anilines is 1. The van der Waals surface area contributed by atoms with E-state index in [4.69, 9.17) is 9.72 Å². The molecule has 1 aromatic carbocycles. The number of para-hydroxylation sites is 1. The number of methoxy groups -OCH3 is 1. The van der Waals surface area contributed by atoms with Gasteiger partial charge in [-0.15, -0.1) is 0 Å². The summed E-state index contributed by atoms with van der Waals surface area (Å²) in [7, 11) is 3.90. The number of likely N-dealkylation sites (N-methyl/N-ethyl adjacent to an activating group) is 1. The Kier molecular flexibility index (Phi) is 5.04. The van der Waals surface area contributed by atoms with Gasteiger partial charge in [0.15, 0.2) is 0 Å². The second-order valence-electron chi connectivity index (χ2n) is 7.20. The first kappa shape index (κ1) is 17.2. The molecule has 3 heterocycles. The monoisotopic (exact) mass is 353 g/mol. The van der Waals surface area contributed by atoms with Crippen molar-refractivity contribution in [3.05, 3.63) is 47.3 Å². The van der Waals surface area contributed by atoms with Crippen molar-refractivity contribution in [1.82, 2.24) is 19.8 Å². The number of ether oxygens (including phenoxy) is 1. The van der Waals surface area contributed by atoms with Crippen LogP contribution in [0, 0.1) is 0 Å². The van der Waals surface area contributed by atoms with E-state index in [-0.39, 0.29) is 0 Å². The Morgan fingerprint density at radius 1 is 1.08 bits per heavy atom. The summed E-state index contributed by atoms with van der Waals surface area (Å²) < 4.78 is 5.49. The number of aromatic nitrogens is 2. The molecule has 1 saturated heterocycles. The van der Waals surface area contributed by atoms with Crippen molar-refractivity contribution in [2.75, 3.05) is 51.8 Å². The summed E-state index contributed by atoms with van der Waals surface area (Å²) in [4.78, 5) is 16.6. The standard InChI is InChI=1S/C20H27N5O/c1-23-9-11-25(12-10-23)20-21-13-17-15-24(8-7-18(17)22-20)14-16-5-3-4-6-19(16)26-2/h3-6,13H,7-12,14-15H2,1-2H3. The zero-order valence-corrected chi connectivity index (χ0v) is 15.7. The lowest BCUT2D eigenvalue weighted by Crippen LogP contribution is -2.45. The van der Waals surface area contributed by atoms with Gasteiger partial charge < -0.3 is 14.5 Å². The predicted molar refractivity (Wildman–Crippen MR) is 103 cm³/mol. The van der Waals surface area contributed by atoms with Crippen LogP contribution in [0.15, 0.2) is 30.5 Å². The fourth-order valence-electron chi connectivity index (χ4n) is 3.73. The van der Waals surface area contributed by atoms with Gasteiger partial charge in [-0.3, -0.25) is 4.90 Å². The molecule has 0 unspecified atom stereocenters. The molecular weight excluding hydrogens is 326 g/mol. The highest BCUT2D eigenvalue weighted by atomic mass is 16.5. The maximum absolute atomic E-state index is 5.49. The van der Waals surface area contributed by atoms with Crippen LogP contribution in [0.3, 0.4) is 0 Å². The van der Waals surface area contributed by atoms with E-state index in [9.17, 15) is 0 Å². The summed E-state index contributed by atoms with van der Waals surface area (Å²) in [5.41, 5.74) is 3.70. The van der Waals surface area contributed by atoms with Gasteiger partial charge in [-0.1, -0.05) is 18.2 Å². The summed E-state index contributed by atoms with van der Waals surface area (Å²) >= 11 is 0. The van der Waals surface area contributed by atoms with Crippen molar-refractivity contribution >= 4 is 5.95 Å². The van der Waals surface area contributed by atoms with Crippen LogP contribution >= 0.6 is 0 Å². The highest BCUT2D eigenvalue weighted by Gasteiger charge is 2.22. The first-order chi connectivity index (χ1) is 12.7. The number of benzene rings is 1. The van der Waals surface area contributed by atoms with E-state index in [1.165, 1.54) is 16.8 Å². The minimum atomic E-state index is 0.893. The molecule has 0 amide bonds. The molecule has 0 N–H and O–H groups in total. The molecule has 1 fully saturated rings. The van der Waals surface area contributed by atoms with Crippen LogP contribution in [0.1, 0.15) is 16.8 Å². The van der Waals surface area contributed by atoms with E-state index in [0.717, 1.165) is 63.9 Å². The molecule has 4 rings (SSSR count). The topological polar surface area (TPSA) is 44.7 Å². The fraction of sp³-hybridized carbons (Fsp3) is 0.500. The lowest BCUT2D eigenvalue weighted by atomic mass is 10.1. The number of fused-ring (bicyclic) bond motifs is 1. The summed E-state index contributed by atoms with van der Waals surface area (Å²) in [5.74, 6) is 1.86. The van der Waals surface area contributed by atoms with Crippen LogP contribution in [0.25, 0.3) is 0 Å². The van der Waals surface area contributed by atoms with Crippen molar-refractivity contribution in [3.63, 3.8) is 0 Å². The molecule has 0 saturated carbocycles. The molecule has 0 aliphatic carbocycles. The third kappa shape index (κ3) is 3.66. The average molecular weight is 353 g/mol. The Morgan fingerprint density at radius 2 is 1.88 bits per heavy atom. The van der Waals surface area contributed by atoms with E-state index in [2.05, 4.69) is 38.9 Å². The maximum Gasteiger partial charge on any atom is 0.225 e. The van der Waals surface area contributed by atoms with Gasteiger partial charge in [0, 0.05) is 69.6 Å². The van der Waals surface area contributed by atoms with Crippen molar-refractivity contribution in [1.29, 1.82) is 0 Å². The summed E-state index contributed by atoms with van der Waals surface area (Å²) in [5, 5.41) is 0. The third-order valence-corrected chi connectivity index (χ3v) is 5.37. The first-order valence-electron chi connectivity index (χ1n) is 9.35. The minimum Gasteiger partial charge on any atom is -0.496 e. The molecule has 26 heavy (non-hydrogen) atoms. The Balaban J connectivity index is 1.44. The van der Waals surface area contributed by atoms with E-state index in [1.54, 1.807) is 7.11 Å². The molecule has 6 nitrogen and oxygen atoms in total. The molecule has 0 atom stereocenters. The number of hydrogen-bond donors (Lipinski definition) is 0. The van der Waals surface area contributed by atoms with E-state index >= 15 is 0 Å². The van der Waals surface area contributed by atoms with Crippen molar-refractivity contribution in [3.8, 4) is 5.75 Å². The number of hydrogen-bond acceptors (Lipinski definition) is 6.